The third kappa shape index (κ3) is 10.7. The van der Waals surface area contributed by atoms with Gasteiger partial charge in [0.15, 0.2) is 18.1 Å². The number of amides is 2. The summed E-state index contributed by atoms with van der Waals surface area (Å²) in [5, 5.41) is 36.1. The van der Waals surface area contributed by atoms with Crippen LogP contribution in [0.25, 0.3) is 0 Å². The van der Waals surface area contributed by atoms with Gasteiger partial charge in [-0.05, 0) is 85.5 Å². The van der Waals surface area contributed by atoms with Gasteiger partial charge in [0, 0.05) is 24.2 Å². The molecule has 2 atom stereocenters. The number of unbranched alkanes of at least 4 members (excludes halogenated alkanes) is 2. The molecule has 0 aromatic heterocycles. The van der Waals surface area contributed by atoms with Crippen molar-refractivity contribution in [3.05, 3.63) is 102 Å². The minimum absolute atomic E-state index is 0.0617. The standard InChI is InChI=1S/C42H52N4O6S2/c1-5-7-21-42(22-8-6-2)28-46(31-17-13-10-14-18-31)32-24-37(53-4)35(25-36(32)54-45-42)52-27-38(49)43-39(30-15-11-9-12-16-30)40(50)44-41(3,51)26-29-19-20-33(47)34(48)23-29/h9-20,23-25,39,45,47-48,51H,5-8,21-22,26-28H2,1-4H3,(H,43,49)(H,44,50)/t39-,41+/m0/s1. The predicted molar refractivity (Wildman–Crippen MR) is 218 cm³/mol. The van der Waals surface area contributed by atoms with Crippen LogP contribution in [0.4, 0.5) is 11.4 Å². The third-order valence-electron chi connectivity index (χ3n) is 9.50. The molecule has 54 heavy (non-hydrogen) atoms. The molecule has 4 aromatic rings. The van der Waals surface area contributed by atoms with Gasteiger partial charge in [-0.1, -0.05) is 94.1 Å². The molecule has 2 amide bonds. The summed E-state index contributed by atoms with van der Waals surface area (Å²) < 4.78 is 10.1. The lowest BCUT2D eigenvalue weighted by Gasteiger charge is -2.38. The van der Waals surface area contributed by atoms with Crippen LogP contribution in [0.2, 0.25) is 0 Å². The highest BCUT2D eigenvalue weighted by Crippen LogP contribution is 2.46. The molecular formula is C42H52N4O6S2. The van der Waals surface area contributed by atoms with Crippen molar-refractivity contribution in [3.8, 4) is 17.2 Å². The number of benzene rings is 4. The highest BCUT2D eigenvalue weighted by atomic mass is 32.2. The number of phenolic OH excluding ortho intramolecular Hbond substituents is 2. The van der Waals surface area contributed by atoms with Crippen molar-refractivity contribution in [2.24, 2.45) is 0 Å². The van der Waals surface area contributed by atoms with Crippen LogP contribution in [-0.2, 0) is 16.0 Å². The molecule has 10 nitrogen and oxygen atoms in total. The molecule has 0 bridgehead atoms. The molecule has 288 valence electrons. The largest absolute Gasteiger partial charge is 0.504 e. The Hall–Kier alpha value is -4.36. The first-order valence-electron chi connectivity index (χ1n) is 18.5. The van der Waals surface area contributed by atoms with Crippen LogP contribution < -0.4 is 25.0 Å². The first-order valence-corrected chi connectivity index (χ1v) is 20.5. The average molecular weight is 773 g/mol. The maximum Gasteiger partial charge on any atom is 0.258 e. The second kappa shape index (κ2) is 18.8. The molecule has 4 aromatic carbocycles. The predicted octanol–water partition coefficient (Wildman–Crippen LogP) is 7.99. The normalized spacial score (nSPS) is 15.3. The number of ether oxygens (including phenoxy) is 1. The van der Waals surface area contributed by atoms with Crippen LogP contribution in [0.3, 0.4) is 0 Å². The van der Waals surface area contributed by atoms with E-state index in [1.165, 1.54) is 25.1 Å². The Bertz CT molecular complexity index is 1850. The SMILES string of the molecule is CCCCC1(CCCC)CN(c2ccccc2)c2cc(SC)c(OCC(=O)N[C@H](C(=O)N[C@](C)(O)Cc3ccc(O)c(O)c3)c3ccccc3)cc2SN1. The summed E-state index contributed by atoms with van der Waals surface area (Å²) in [4.78, 5) is 31.5. The van der Waals surface area contributed by atoms with Gasteiger partial charge in [-0.3, -0.25) is 14.3 Å². The van der Waals surface area contributed by atoms with Crippen LogP contribution in [-0.4, -0.2) is 57.8 Å². The fourth-order valence-electron chi connectivity index (χ4n) is 6.68. The van der Waals surface area contributed by atoms with Crippen molar-refractivity contribution in [3.63, 3.8) is 0 Å². The smallest absolute Gasteiger partial charge is 0.258 e. The van der Waals surface area contributed by atoms with E-state index < -0.39 is 23.6 Å². The number of hydrogen-bond acceptors (Lipinski definition) is 10. The molecule has 0 fully saturated rings. The Morgan fingerprint density at radius 1 is 0.963 bits per heavy atom. The highest BCUT2D eigenvalue weighted by molar-refractivity contribution is 7.98. The van der Waals surface area contributed by atoms with Gasteiger partial charge < -0.3 is 35.6 Å². The number of aliphatic hydroxyl groups is 1. The monoisotopic (exact) mass is 772 g/mol. The number of carbonyl (C=O) groups excluding carboxylic acids is 2. The van der Waals surface area contributed by atoms with Crippen molar-refractivity contribution >= 4 is 46.9 Å². The highest BCUT2D eigenvalue weighted by Gasteiger charge is 2.36. The molecule has 1 heterocycles. The second-order valence-corrected chi connectivity index (χ2v) is 15.7. The number of anilines is 2. The van der Waals surface area contributed by atoms with E-state index in [1.807, 2.05) is 24.5 Å². The molecule has 0 aliphatic carbocycles. The average Bonchev–Trinajstić information content (AvgIpc) is 3.32. The second-order valence-electron chi connectivity index (χ2n) is 14.0. The topological polar surface area (TPSA) is 143 Å². The lowest BCUT2D eigenvalue weighted by atomic mass is 9.87. The van der Waals surface area contributed by atoms with Gasteiger partial charge in [0.2, 0.25) is 5.91 Å². The van der Waals surface area contributed by atoms with Gasteiger partial charge in [-0.25, -0.2) is 0 Å². The van der Waals surface area contributed by atoms with Gasteiger partial charge in [0.05, 0.1) is 15.5 Å². The van der Waals surface area contributed by atoms with Crippen molar-refractivity contribution < 1.29 is 29.6 Å². The Morgan fingerprint density at radius 3 is 2.26 bits per heavy atom. The number of thioether (sulfide) groups is 1. The van der Waals surface area contributed by atoms with Gasteiger partial charge in [0.25, 0.3) is 5.91 Å². The third-order valence-corrected chi connectivity index (χ3v) is 11.3. The fraction of sp³-hybridized carbons (Fsp3) is 0.381. The summed E-state index contributed by atoms with van der Waals surface area (Å²) in [7, 11) is 0. The van der Waals surface area contributed by atoms with Crippen LogP contribution in [0.5, 0.6) is 17.2 Å². The number of phenols is 2. The molecular weight excluding hydrogens is 721 g/mol. The Kier molecular flexibility index (Phi) is 14.2. The van der Waals surface area contributed by atoms with Crippen LogP contribution >= 0.6 is 23.7 Å². The zero-order valence-electron chi connectivity index (χ0n) is 31.4. The maximum absolute atomic E-state index is 13.7. The van der Waals surface area contributed by atoms with Crippen LogP contribution in [0.1, 0.15) is 76.5 Å². The first-order chi connectivity index (χ1) is 26.0. The zero-order chi connectivity index (χ0) is 38.7. The molecule has 1 aliphatic heterocycles. The van der Waals surface area contributed by atoms with E-state index in [2.05, 4.69) is 64.4 Å². The number of para-hydroxylation sites is 1. The summed E-state index contributed by atoms with van der Waals surface area (Å²) in [5.74, 6) is -1.20. The summed E-state index contributed by atoms with van der Waals surface area (Å²) in [6.45, 7) is 6.37. The van der Waals surface area contributed by atoms with E-state index in [4.69, 9.17) is 4.74 Å². The molecule has 0 spiro atoms. The van der Waals surface area contributed by atoms with E-state index in [0.29, 0.717) is 16.9 Å². The van der Waals surface area contributed by atoms with Crippen molar-refractivity contribution in [2.45, 2.75) is 92.8 Å². The zero-order valence-corrected chi connectivity index (χ0v) is 33.1. The minimum Gasteiger partial charge on any atom is -0.504 e. The number of rotatable bonds is 17. The van der Waals surface area contributed by atoms with Crippen LogP contribution in [0, 0.1) is 0 Å². The summed E-state index contributed by atoms with van der Waals surface area (Å²) >= 11 is 3.16. The fourth-order valence-corrected chi connectivity index (χ4v) is 8.27. The molecule has 6 N–H and O–H groups in total. The lowest BCUT2D eigenvalue weighted by molar-refractivity contribution is -0.134. The van der Waals surface area contributed by atoms with Gasteiger partial charge in [0.1, 0.15) is 17.5 Å². The summed E-state index contributed by atoms with van der Waals surface area (Å²) in [6, 6.07) is 26.4. The van der Waals surface area contributed by atoms with E-state index in [1.54, 1.807) is 48.0 Å². The van der Waals surface area contributed by atoms with E-state index in [0.717, 1.165) is 66.2 Å². The van der Waals surface area contributed by atoms with Crippen molar-refractivity contribution in [1.82, 2.24) is 15.4 Å². The molecule has 0 saturated heterocycles. The molecule has 0 unspecified atom stereocenters. The lowest BCUT2D eigenvalue weighted by Crippen LogP contribution is -2.52. The Morgan fingerprint density at radius 2 is 1.63 bits per heavy atom. The molecule has 5 rings (SSSR count). The number of aromatic hydroxyl groups is 2. The maximum atomic E-state index is 13.7. The number of nitrogens with zero attached hydrogens (tertiary/aromatic N) is 1. The molecule has 12 heteroatoms. The van der Waals surface area contributed by atoms with Gasteiger partial charge in [-0.15, -0.1) is 11.8 Å². The van der Waals surface area contributed by atoms with Crippen LogP contribution in [0.15, 0.2) is 101 Å². The number of nitrogens with one attached hydrogen (secondary N) is 3. The van der Waals surface area contributed by atoms with Crippen molar-refractivity contribution in [1.29, 1.82) is 0 Å². The van der Waals surface area contributed by atoms with Gasteiger partial charge >= 0.3 is 0 Å². The first kappa shape index (κ1) is 40.8. The number of fused-ring (bicyclic) bond motifs is 1. The summed E-state index contributed by atoms with van der Waals surface area (Å²) in [5.41, 5.74) is 1.36. The Balaban J connectivity index is 1.36. The van der Waals surface area contributed by atoms with Crippen molar-refractivity contribution in [2.75, 3.05) is 24.3 Å². The minimum atomic E-state index is -1.74. The number of carbonyl (C=O) groups is 2. The number of hydrogen-bond donors (Lipinski definition) is 6. The molecule has 1 aliphatic rings. The molecule has 0 saturated carbocycles. The van der Waals surface area contributed by atoms with Gasteiger partial charge in [-0.2, -0.15) is 0 Å². The van der Waals surface area contributed by atoms with E-state index in [-0.39, 0.29) is 30.1 Å². The van der Waals surface area contributed by atoms with E-state index >= 15 is 0 Å². The van der Waals surface area contributed by atoms with E-state index in [9.17, 15) is 24.9 Å². The summed E-state index contributed by atoms with van der Waals surface area (Å²) in [6.07, 6.45) is 8.51. The Labute approximate surface area is 327 Å². The molecule has 0 radical (unpaired) electrons. The quantitative estimate of drug-likeness (QED) is 0.0271.